The van der Waals surface area contributed by atoms with Crippen molar-refractivity contribution >= 4 is 0 Å². The first kappa shape index (κ1) is 15.3. The summed E-state index contributed by atoms with van der Waals surface area (Å²) in [7, 11) is 0. The minimum Gasteiger partial charge on any atom is -0.375 e. The molecule has 0 aromatic heterocycles. The second-order valence-corrected chi connectivity index (χ2v) is 6.93. The van der Waals surface area contributed by atoms with Crippen LogP contribution in [0.2, 0.25) is 0 Å². The number of ether oxygens (including phenoxy) is 1. The van der Waals surface area contributed by atoms with E-state index in [2.05, 4.69) is 23.2 Å². The predicted octanol–water partition coefficient (Wildman–Crippen LogP) is 2.30. The van der Waals surface area contributed by atoms with Crippen LogP contribution in [0.4, 0.5) is 0 Å². The van der Waals surface area contributed by atoms with Gasteiger partial charge in [-0.2, -0.15) is 5.26 Å². The van der Waals surface area contributed by atoms with Crippen LogP contribution < -0.4 is 5.32 Å². The fourth-order valence-electron chi connectivity index (χ4n) is 4.81. The third kappa shape index (κ3) is 2.97. The quantitative estimate of drug-likeness (QED) is 0.844. The van der Waals surface area contributed by atoms with E-state index in [4.69, 9.17) is 4.74 Å². The maximum absolute atomic E-state index is 9.66. The number of morpholine rings is 1. The third-order valence-corrected chi connectivity index (χ3v) is 5.87. The number of hydrogen-bond donors (Lipinski definition) is 1. The molecule has 4 atom stereocenters. The Kier molecular flexibility index (Phi) is 4.83. The van der Waals surface area contributed by atoms with Crippen molar-refractivity contribution in [2.45, 2.75) is 69.6 Å². The van der Waals surface area contributed by atoms with E-state index >= 15 is 0 Å². The molecule has 4 nitrogen and oxygen atoms in total. The van der Waals surface area contributed by atoms with Gasteiger partial charge in [-0.1, -0.05) is 13.3 Å². The van der Waals surface area contributed by atoms with Crippen molar-refractivity contribution in [3.05, 3.63) is 0 Å². The van der Waals surface area contributed by atoms with Gasteiger partial charge in [0, 0.05) is 12.6 Å². The zero-order chi connectivity index (χ0) is 14.7. The van der Waals surface area contributed by atoms with Gasteiger partial charge in [0.15, 0.2) is 0 Å². The fraction of sp³-hybridized carbons (Fsp3) is 0.941. The van der Waals surface area contributed by atoms with Gasteiger partial charge in [0.25, 0.3) is 0 Å². The van der Waals surface area contributed by atoms with Crippen molar-refractivity contribution < 1.29 is 4.74 Å². The monoisotopic (exact) mass is 291 g/mol. The van der Waals surface area contributed by atoms with Gasteiger partial charge in [0.1, 0.15) is 5.54 Å². The highest BCUT2D eigenvalue weighted by atomic mass is 16.5. The molecule has 0 radical (unpaired) electrons. The third-order valence-electron chi connectivity index (χ3n) is 5.87. The summed E-state index contributed by atoms with van der Waals surface area (Å²) in [6.07, 6.45) is 8.92. The van der Waals surface area contributed by atoms with Crippen molar-refractivity contribution in [3.8, 4) is 6.07 Å². The van der Waals surface area contributed by atoms with E-state index in [1.807, 2.05) is 0 Å². The zero-order valence-electron chi connectivity index (χ0n) is 13.3. The first-order chi connectivity index (χ1) is 10.3. The summed E-state index contributed by atoms with van der Waals surface area (Å²) in [5, 5.41) is 13.1. The largest absolute Gasteiger partial charge is 0.375 e. The number of nitrogens with zero attached hydrogens (tertiary/aromatic N) is 2. The van der Waals surface area contributed by atoms with Gasteiger partial charge >= 0.3 is 0 Å². The molecule has 1 aliphatic heterocycles. The smallest absolute Gasteiger partial charge is 0.109 e. The molecular weight excluding hydrogens is 262 g/mol. The molecule has 21 heavy (non-hydrogen) atoms. The molecule has 3 rings (SSSR count). The Morgan fingerprint density at radius 2 is 2.24 bits per heavy atom. The van der Waals surface area contributed by atoms with Crippen LogP contribution in [0.3, 0.4) is 0 Å². The van der Waals surface area contributed by atoms with Gasteiger partial charge in [-0.25, -0.2) is 0 Å². The molecule has 3 aliphatic rings. The molecule has 118 valence electrons. The Morgan fingerprint density at radius 3 is 3.05 bits per heavy atom. The van der Waals surface area contributed by atoms with E-state index in [1.165, 1.54) is 32.1 Å². The second kappa shape index (κ2) is 6.64. The normalized spacial score (nSPS) is 40.1. The SMILES string of the molecule is CCNC1(C#N)CCCC1CCN1CCOC2CCCC21. The molecule has 0 bridgehead atoms. The van der Waals surface area contributed by atoms with Crippen molar-refractivity contribution in [3.63, 3.8) is 0 Å². The van der Waals surface area contributed by atoms with Gasteiger partial charge in [-0.3, -0.25) is 10.2 Å². The molecule has 3 fully saturated rings. The Bertz CT molecular complexity index is 394. The van der Waals surface area contributed by atoms with Gasteiger partial charge in [0.05, 0.1) is 18.8 Å². The van der Waals surface area contributed by atoms with Gasteiger partial charge in [0.2, 0.25) is 0 Å². The summed E-state index contributed by atoms with van der Waals surface area (Å²) in [6, 6.07) is 3.26. The zero-order valence-corrected chi connectivity index (χ0v) is 13.3. The average molecular weight is 291 g/mol. The Labute approximate surface area is 128 Å². The summed E-state index contributed by atoms with van der Waals surface area (Å²) >= 11 is 0. The van der Waals surface area contributed by atoms with Crippen LogP contribution in [-0.4, -0.2) is 48.8 Å². The van der Waals surface area contributed by atoms with E-state index in [9.17, 15) is 5.26 Å². The Balaban J connectivity index is 1.58. The van der Waals surface area contributed by atoms with Crippen LogP contribution in [0.15, 0.2) is 0 Å². The van der Waals surface area contributed by atoms with Gasteiger partial charge in [-0.05, 0) is 57.5 Å². The lowest BCUT2D eigenvalue weighted by atomic mass is 9.85. The number of rotatable bonds is 5. The maximum atomic E-state index is 9.66. The van der Waals surface area contributed by atoms with Crippen LogP contribution >= 0.6 is 0 Å². The summed E-state index contributed by atoms with van der Waals surface area (Å²) in [4.78, 5) is 2.65. The van der Waals surface area contributed by atoms with E-state index < -0.39 is 0 Å². The molecule has 4 unspecified atom stereocenters. The lowest BCUT2D eigenvalue weighted by molar-refractivity contribution is -0.0573. The molecule has 2 aliphatic carbocycles. The molecule has 0 amide bonds. The Hall–Kier alpha value is -0.630. The maximum Gasteiger partial charge on any atom is 0.109 e. The molecule has 0 spiro atoms. The topological polar surface area (TPSA) is 48.3 Å². The highest BCUT2D eigenvalue weighted by Gasteiger charge is 2.43. The first-order valence-electron chi connectivity index (χ1n) is 8.81. The number of fused-ring (bicyclic) bond motifs is 1. The minimum absolute atomic E-state index is 0.254. The van der Waals surface area contributed by atoms with E-state index in [0.29, 0.717) is 18.1 Å². The van der Waals surface area contributed by atoms with Crippen LogP contribution in [0, 0.1) is 17.2 Å². The summed E-state index contributed by atoms with van der Waals surface area (Å²) in [5.41, 5.74) is -0.254. The Morgan fingerprint density at radius 1 is 1.33 bits per heavy atom. The molecule has 0 aromatic carbocycles. The van der Waals surface area contributed by atoms with Crippen LogP contribution in [0.25, 0.3) is 0 Å². The molecule has 1 saturated heterocycles. The lowest BCUT2D eigenvalue weighted by Gasteiger charge is -2.39. The van der Waals surface area contributed by atoms with Crippen LogP contribution in [0.1, 0.15) is 51.9 Å². The summed E-state index contributed by atoms with van der Waals surface area (Å²) in [6.45, 7) is 6.12. The number of nitriles is 1. The highest BCUT2D eigenvalue weighted by Crippen LogP contribution is 2.38. The van der Waals surface area contributed by atoms with Crippen molar-refractivity contribution in [1.82, 2.24) is 10.2 Å². The molecule has 1 heterocycles. The molecule has 1 N–H and O–H groups in total. The fourth-order valence-corrected chi connectivity index (χ4v) is 4.81. The van der Waals surface area contributed by atoms with Crippen molar-refractivity contribution in [2.75, 3.05) is 26.2 Å². The van der Waals surface area contributed by atoms with Crippen molar-refractivity contribution in [1.29, 1.82) is 5.26 Å². The summed E-state index contributed by atoms with van der Waals surface area (Å²) < 4.78 is 5.90. The second-order valence-electron chi connectivity index (χ2n) is 6.93. The number of hydrogen-bond acceptors (Lipinski definition) is 4. The predicted molar refractivity (Wildman–Crippen MR) is 82.9 cm³/mol. The van der Waals surface area contributed by atoms with E-state index in [1.54, 1.807) is 0 Å². The van der Waals surface area contributed by atoms with Gasteiger partial charge < -0.3 is 4.74 Å². The molecule has 2 saturated carbocycles. The van der Waals surface area contributed by atoms with Crippen molar-refractivity contribution in [2.24, 2.45) is 5.92 Å². The van der Waals surface area contributed by atoms with E-state index in [-0.39, 0.29) is 5.54 Å². The van der Waals surface area contributed by atoms with Crippen LogP contribution in [-0.2, 0) is 4.74 Å². The molecule has 0 aromatic rings. The minimum atomic E-state index is -0.254. The first-order valence-corrected chi connectivity index (χ1v) is 8.81. The standard InChI is InChI=1S/C17H29N3O/c1-2-19-17(13-18)9-4-5-14(17)8-10-20-11-12-21-16-7-3-6-15(16)20/h14-16,19H,2-12H2,1H3. The lowest BCUT2D eigenvalue weighted by Crippen LogP contribution is -2.51. The van der Waals surface area contributed by atoms with E-state index in [0.717, 1.165) is 39.1 Å². The molecule has 4 heteroatoms. The van der Waals surface area contributed by atoms with Crippen LogP contribution in [0.5, 0.6) is 0 Å². The number of nitrogens with one attached hydrogen (secondary N) is 1. The highest BCUT2D eigenvalue weighted by molar-refractivity contribution is 5.14. The molecular formula is C17H29N3O. The summed E-state index contributed by atoms with van der Waals surface area (Å²) in [5.74, 6) is 0.519. The van der Waals surface area contributed by atoms with Gasteiger partial charge in [-0.15, -0.1) is 0 Å². The average Bonchev–Trinajstić information content (AvgIpc) is 3.12.